The number of methoxy groups -OCH3 is 2. The van der Waals surface area contributed by atoms with E-state index in [0.29, 0.717) is 30.0 Å². The average molecular weight is 523 g/mol. The molecule has 37 heavy (non-hydrogen) atoms. The van der Waals surface area contributed by atoms with Crippen molar-refractivity contribution in [2.24, 2.45) is 0 Å². The van der Waals surface area contributed by atoms with Crippen molar-refractivity contribution in [3.8, 4) is 17.2 Å². The quantitative estimate of drug-likeness (QED) is 0.455. The second kappa shape index (κ2) is 9.72. The lowest BCUT2D eigenvalue weighted by Gasteiger charge is -2.42. The van der Waals surface area contributed by atoms with Crippen LogP contribution in [0.15, 0.2) is 59.5 Å². The van der Waals surface area contributed by atoms with E-state index in [1.54, 1.807) is 50.4 Å². The zero-order valence-electron chi connectivity index (χ0n) is 21.4. The van der Waals surface area contributed by atoms with E-state index in [0.717, 1.165) is 35.2 Å². The molecule has 9 heteroatoms. The number of fused-ring (bicyclic) bond motifs is 4. The summed E-state index contributed by atoms with van der Waals surface area (Å²) in [6.45, 7) is 1.28. The number of nitrogens with zero attached hydrogens (tertiary/aromatic N) is 2. The second-order valence-electron chi connectivity index (χ2n) is 9.48. The highest BCUT2D eigenvalue weighted by Crippen LogP contribution is 2.45. The van der Waals surface area contributed by atoms with Crippen LogP contribution < -0.4 is 13.7 Å². The molecular weight excluding hydrogens is 492 g/mol. The van der Waals surface area contributed by atoms with Crippen molar-refractivity contribution in [1.82, 2.24) is 9.80 Å². The lowest BCUT2D eigenvalue weighted by molar-refractivity contribution is 0.0823. The van der Waals surface area contributed by atoms with Crippen LogP contribution in [0.4, 0.5) is 0 Å². The van der Waals surface area contributed by atoms with Crippen LogP contribution in [0.2, 0.25) is 0 Å². The summed E-state index contributed by atoms with van der Waals surface area (Å²) < 4.78 is 42.9. The molecule has 0 fully saturated rings. The van der Waals surface area contributed by atoms with Crippen molar-refractivity contribution >= 4 is 16.0 Å². The SMILES string of the molecule is COc1cc2c(cc1C(=O)N(C)C)C1Cc3ccc(OC)c(OS(=O)(=O)c4ccccc4)c3CN1CC2. The normalized spacial score (nSPS) is 16.7. The van der Waals surface area contributed by atoms with Gasteiger partial charge in [0.2, 0.25) is 0 Å². The van der Waals surface area contributed by atoms with Gasteiger partial charge in [-0.3, -0.25) is 9.69 Å². The molecule has 3 aromatic carbocycles. The van der Waals surface area contributed by atoms with Gasteiger partial charge in [-0.25, -0.2) is 0 Å². The van der Waals surface area contributed by atoms with Gasteiger partial charge in [-0.05, 0) is 59.9 Å². The van der Waals surface area contributed by atoms with Crippen LogP contribution in [0, 0.1) is 0 Å². The van der Waals surface area contributed by atoms with Crippen LogP contribution in [0.1, 0.15) is 38.7 Å². The van der Waals surface area contributed by atoms with E-state index < -0.39 is 10.1 Å². The van der Waals surface area contributed by atoms with Crippen molar-refractivity contribution in [3.63, 3.8) is 0 Å². The van der Waals surface area contributed by atoms with Gasteiger partial charge in [0, 0.05) is 38.8 Å². The molecule has 1 amide bonds. The van der Waals surface area contributed by atoms with Gasteiger partial charge < -0.3 is 18.6 Å². The highest BCUT2D eigenvalue weighted by Gasteiger charge is 2.36. The molecule has 5 rings (SSSR count). The Morgan fingerprint density at radius 2 is 1.70 bits per heavy atom. The van der Waals surface area contributed by atoms with Gasteiger partial charge in [0.15, 0.2) is 11.5 Å². The number of amides is 1. The first kappa shape index (κ1) is 25.1. The lowest BCUT2D eigenvalue weighted by atomic mass is 9.82. The molecular formula is C28H30N2O6S. The first-order valence-corrected chi connectivity index (χ1v) is 13.5. The number of ether oxygens (including phenoxy) is 2. The van der Waals surface area contributed by atoms with Crippen LogP contribution in [0.25, 0.3) is 0 Å². The van der Waals surface area contributed by atoms with E-state index in [9.17, 15) is 13.2 Å². The number of hydrogen-bond donors (Lipinski definition) is 0. The number of benzene rings is 3. The van der Waals surface area contributed by atoms with Gasteiger partial charge in [-0.2, -0.15) is 8.42 Å². The summed E-state index contributed by atoms with van der Waals surface area (Å²) in [5.74, 6) is 1.07. The van der Waals surface area contributed by atoms with E-state index >= 15 is 0 Å². The Kier molecular flexibility index (Phi) is 6.59. The van der Waals surface area contributed by atoms with Crippen LogP contribution in [-0.2, 0) is 29.5 Å². The molecule has 2 aliphatic rings. The fourth-order valence-electron chi connectivity index (χ4n) is 5.21. The van der Waals surface area contributed by atoms with Crippen molar-refractivity contribution in [3.05, 3.63) is 82.4 Å². The Balaban J connectivity index is 1.55. The van der Waals surface area contributed by atoms with Gasteiger partial charge in [0.05, 0.1) is 19.8 Å². The Labute approximate surface area is 217 Å². The maximum Gasteiger partial charge on any atom is 0.339 e. The van der Waals surface area contributed by atoms with Crippen molar-refractivity contribution in [2.75, 3.05) is 34.9 Å². The number of rotatable bonds is 6. The summed E-state index contributed by atoms with van der Waals surface area (Å²) in [5, 5.41) is 0. The number of hydrogen-bond acceptors (Lipinski definition) is 7. The fraction of sp³-hybridized carbons (Fsp3) is 0.321. The molecule has 8 nitrogen and oxygen atoms in total. The van der Waals surface area contributed by atoms with Crippen molar-refractivity contribution < 1.29 is 26.9 Å². The zero-order chi connectivity index (χ0) is 26.3. The highest BCUT2D eigenvalue weighted by atomic mass is 32.2. The molecule has 0 aromatic heterocycles. The molecule has 0 saturated heterocycles. The monoisotopic (exact) mass is 522 g/mol. The summed E-state index contributed by atoms with van der Waals surface area (Å²) >= 11 is 0. The van der Waals surface area contributed by atoms with Crippen molar-refractivity contribution in [1.29, 1.82) is 0 Å². The Morgan fingerprint density at radius 1 is 0.973 bits per heavy atom. The van der Waals surface area contributed by atoms with E-state index in [-0.39, 0.29) is 22.6 Å². The first-order valence-electron chi connectivity index (χ1n) is 12.1. The van der Waals surface area contributed by atoms with Gasteiger partial charge in [-0.1, -0.05) is 24.3 Å². The minimum atomic E-state index is -4.04. The molecule has 0 spiro atoms. The van der Waals surface area contributed by atoms with Crippen LogP contribution in [0.5, 0.6) is 17.2 Å². The van der Waals surface area contributed by atoms with Gasteiger partial charge >= 0.3 is 10.1 Å². The highest BCUT2D eigenvalue weighted by molar-refractivity contribution is 7.87. The van der Waals surface area contributed by atoms with Crippen LogP contribution in [0.3, 0.4) is 0 Å². The summed E-state index contributed by atoms with van der Waals surface area (Å²) in [4.78, 5) is 16.8. The standard InChI is InChI=1S/C28H30N2O6S/c1-29(2)28(31)22-16-21-19(15-26(22)35-4)12-13-30-17-23-18(14-24(21)30)10-11-25(34-3)27(23)36-37(32,33)20-8-6-5-7-9-20/h5-11,15-16,24H,12-14,17H2,1-4H3. The van der Waals surface area contributed by atoms with Crippen LogP contribution in [-0.4, -0.2) is 59.0 Å². The first-order chi connectivity index (χ1) is 17.7. The summed E-state index contributed by atoms with van der Waals surface area (Å²) in [6, 6.07) is 15.8. The summed E-state index contributed by atoms with van der Waals surface area (Å²) in [6.07, 6.45) is 1.44. The number of carbonyl (C=O) groups excluding carboxylic acids is 1. The molecule has 1 unspecified atom stereocenters. The summed E-state index contributed by atoms with van der Waals surface area (Å²) in [7, 11) is 2.49. The maximum absolute atomic E-state index is 13.1. The molecule has 2 aliphatic heterocycles. The van der Waals surface area contributed by atoms with E-state index in [4.69, 9.17) is 13.7 Å². The molecule has 0 radical (unpaired) electrons. The molecule has 0 bridgehead atoms. The van der Waals surface area contributed by atoms with E-state index in [1.807, 2.05) is 18.2 Å². The van der Waals surface area contributed by atoms with E-state index in [1.165, 1.54) is 19.2 Å². The third-order valence-corrected chi connectivity index (χ3v) is 8.34. The molecule has 3 aromatic rings. The second-order valence-corrected chi connectivity index (χ2v) is 11.0. The third kappa shape index (κ3) is 4.53. The molecule has 0 aliphatic carbocycles. The van der Waals surface area contributed by atoms with Gasteiger partial charge in [0.1, 0.15) is 10.6 Å². The van der Waals surface area contributed by atoms with Gasteiger partial charge in [-0.15, -0.1) is 0 Å². The predicted octanol–water partition coefficient (Wildman–Crippen LogP) is 3.83. The summed E-state index contributed by atoms with van der Waals surface area (Å²) in [5.41, 5.74) is 4.58. The largest absolute Gasteiger partial charge is 0.496 e. The minimum Gasteiger partial charge on any atom is -0.496 e. The fourth-order valence-corrected chi connectivity index (χ4v) is 6.20. The number of carbonyl (C=O) groups is 1. The van der Waals surface area contributed by atoms with Gasteiger partial charge in [0.25, 0.3) is 5.91 Å². The molecule has 2 heterocycles. The third-order valence-electron chi connectivity index (χ3n) is 7.11. The smallest absolute Gasteiger partial charge is 0.339 e. The molecule has 194 valence electrons. The van der Waals surface area contributed by atoms with E-state index in [2.05, 4.69) is 4.90 Å². The predicted molar refractivity (Wildman–Crippen MR) is 139 cm³/mol. The molecule has 0 saturated carbocycles. The van der Waals surface area contributed by atoms with Crippen LogP contribution >= 0.6 is 0 Å². The Morgan fingerprint density at radius 3 is 2.38 bits per heavy atom. The maximum atomic E-state index is 13.1. The van der Waals surface area contributed by atoms with Crippen molar-refractivity contribution in [2.45, 2.75) is 30.3 Å². The topological polar surface area (TPSA) is 85.4 Å². The zero-order valence-corrected chi connectivity index (χ0v) is 22.2. The molecule has 1 atom stereocenters. The minimum absolute atomic E-state index is 0.0443. The average Bonchev–Trinajstić information content (AvgIpc) is 2.91. The molecule has 0 N–H and O–H groups in total. The lowest BCUT2D eigenvalue weighted by Crippen LogP contribution is -2.40. The Bertz CT molecular complexity index is 1450. The Hall–Kier alpha value is -3.56.